The van der Waals surface area contributed by atoms with Crippen LogP contribution in [0.5, 0.6) is 0 Å². The molecule has 102 valence electrons. The third kappa shape index (κ3) is 3.15. The highest BCUT2D eigenvalue weighted by Gasteiger charge is 2.16. The Bertz CT molecular complexity index is 677. The highest BCUT2D eigenvalue weighted by atomic mass is 32.2. The molecule has 19 heavy (non-hydrogen) atoms. The third-order valence-electron chi connectivity index (χ3n) is 2.53. The first-order valence-electron chi connectivity index (χ1n) is 5.33. The van der Waals surface area contributed by atoms with Crippen molar-refractivity contribution in [3.63, 3.8) is 0 Å². The van der Waals surface area contributed by atoms with Crippen LogP contribution < -0.4 is 4.72 Å². The lowest BCUT2D eigenvalue weighted by molar-refractivity contribution is 0.561. The van der Waals surface area contributed by atoms with E-state index < -0.39 is 26.6 Å². The van der Waals surface area contributed by atoms with E-state index in [-0.39, 0.29) is 6.54 Å². The van der Waals surface area contributed by atoms with E-state index in [9.17, 15) is 17.2 Å². The van der Waals surface area contributed by atoms with E-state index >= 15 is 0 Å². The largest absolute Gasteiger partial charge is 0.283 e. The zero-order chi connectivity index (χ0) is 14.0. The molecule has 1 heterocycles. The number of benzene rings is 1. The molecule has 1 aromatic carbocycles. The summed E-state index contributed by atoms with van der Waals surface area (Å²) in [6, 6.07) is 2.13. The number of hydrogen-bond acceptors (Lipinski definition) is 3. The predicted octanol–water partition coefficient (Wildman–Crippen LogP) is 1.47. The SMILES string of the molecule is Cc1[nH]ncc1CNS(=O)(=O)c1cc(F)cc(F)c1. The molecule has 0 amide bonds. The molecule has 8 heteroatoms. The Morgan fingerprint density at radius 2 is 1.89 bits per heavy atom. The first kappa shape index (κ1) is 13.6. The molecule has 0 spiro atoms. The van der Waals surface area contributed by atoms with Crippen LogP contribution in [0.25, 0.3) is 0 Å². The number of hydrogen-bond donors (Lipinski definition) is 2. The van der Waals surface area contributed by atoms with Gasteiger partial charge in [-0.3, -0.25) is 5.10 Å². The summed E-state index contributed by atoms with van der Waals surface area (Å²) in [5.74, 6) is -1.89. The predicted molar refractivity (Wildman–Crippen MR) is 63.7 cm³/mol. The average Bonchev–Trinajstić information content (AvgIpc) is 2.71. The lowest BCUT2D eigenvalue weighted by atomic mass is 10.3. The fraction of sp³-hybridized carbons (Fsp3) is 0.182. The van der Waals surface area contributed by atoms with Gasteiger partial charge in [-0.2, -0.15) is 5.10 Å². The van der Waals surface area contributed by atoms with Crippen LogP contribution >= 0.6 is 0 Å². The molecular formula is C11H11F2N3O2S. The molecule has 2 aromatic rings. The molecular weight excluding hydrogens is 276 g/mol. The molecule has 0 aliphatic carbocycles. The van der Waals surface area contributed by atoms with Crippen LogP contribution in [-0.4, -0.2) is 18.6 Å². The van der Waals surface area contributed by atoms with Crippen molar-refractivity contribution < 1.29 is 17.2 Å². The van der Waals surface area contributed by atoms with Crippen molar-refractivity contribution in [3.8, 4) is 0 Å². The highest BCUT2D eigenvalue weighted by Crippen LogP contribution is 2.14. The van der Waals surface area contributed by atoms with Crippen LogP contribution in [-0.2, 0) is 16.6 Å². The molecule has 0 atom stereocenters. The molecule has 0 aliphatic heterocycles. The number of aromatic nitrogens is 2. The average molecular weight is 287 g/mol. The van der Waals surface area contributed by atoms with Gasteiger partial charge in [0.25, 0.3) is 0 Å². The summed E-state index contributed by atoms with van der Waals surface area (Å²) in [5.41, 5.74) is 1.37. The zero-order valence-corrected chi connectivity index (χ0v) is 10.8. The molecule has 5 nitrogen and oxygen atoms in total. The molecule has 2 rings (SSSR count). The minimum absolute atomic E-state index is 0.0111. The Labute approximate surface area is 108 Å². The highest BCUT2D eigenvalue weighted by molar-refractivity contribution is 7.89. The van der Waals surface area contributed by atoms with Crippen molar-refractivity contribution in [1.82, 2.24) is 14.9 Å². The van der Waals surface area contributed by atoms with Crippen molar-refractivity contribution in [1.29, 1.82) is 0 Å². The van der Waals surface area contributed by atoms with E-state index in [4.69, 9.17) is 0 Å². The van der Waals surface area contributed by atoms with Gasteiger partial charge in [0, 0.05) is 23.9 Å². The summed E-state index contributed by atoms with van der Waals surface area (Å²) in [4.78, 5) is -0.453. The van der Waals surface area contributed by atoms with E-state index in [1.807, 2.05) is 0 Å². The van der Waals surface area contributed by atoms with E-state index in [0.717, 1.165) is 12.1 Å². The molecule has 0 saturated carbocycles. The Kier molecular flexibility index (Phi) is 3.63. The van der Waals surface area contributed by atoms with E-state index in [0.29, 0.717) is 17.3 Å². The maximum Gasteiger partial charge on any atom is 0.241 e. The smallest absolute Gasteiger partial charge is 0.241 e. The first-order chi connectivity index (χ1) is 8.88. The van der Waals surface area contributed by atoms with Gasteiger partial charge in [-0.1, -0.05) is 0 Å². The van der Waals surface area contributed by atoms with Crippen LogP contribution in [0.4, 0.5) is 8.78 Å². The van der Waals surface area contributed by atoms with Crippen molar-refractivity contribution in [3.05, 3.63) is 47.3 Å². The van der Waals surface area contributed by atoms with Crippen LogP contribution in [0.15, 0.2) is 29.3 Å². The maximum absolute atomic E-state index is 13.0. The standard InChI is InChI=1S/C11H11F2N3O2S/c1-7-8(5-14-16-7)6-15-19(17,18)11-3-9(12)2-10(13)4-11/h2-5,15H,6H2,1H3,(H,14,16). The van der Waals surface area contributed by atoms with E-state index in [2.05, 4.69) is 14.9 Å². The van der Waals surface area contributed by atoms with Gasteiger partial charge in [0.1, 0.15) is 11.6 Å². The van der Waals surface area contributed by atoms with Crippen molar-refractivity contribution in [2.45, 2.75) is 18.4 Å². The summed E-state index contributed by atoms with van der Waals surface area (Å²) in [6.45, 7) is 1.72. The molecule has 1 aromatic heterocycles. The molecule has 0 unspecified atom stereocenters. The summed E-state index contributed by atoms with van der Waals surface area (Å²) in [7, 11) is -3.97. The number of halogens is 2. The first-order valence-corrected chi connectivity index (χ1v) is 6.81. The van der Waals surface area contributed by atoms with Gasteiger partial charge in [0.15, 0.2) is 0 Å². The second-order valence-corrected chi connectivity index (χ2v) is 5.72. The van der Waals surface area contributed by atoms with Gasteiger partial charge >= 0.3 is 0 Å². The van der Waals surface area contributed by atoms with E-state index in [1.165, 1.54) is 6.20 Å². The number of nitrogens with zero attached hydrogens (tertiary/aromatic N) is 1. The fourth-order valence-corrected chi connectivity index (χ4v) is 2.54. The van der Waals surface area contributed by atoms with Crippen LogP contribution in [0, 0.1) is 18.6 Å². The Hall–Kier alpha value is -1.80. The van der Waals surface area contributed by atoms with Gasteiger partial charge in [0.2, 0.25) is 10.0 Å². The summed E-state index contributed by atoms with van der Waals surface area (Å²) in [5, 5.41) is 6.40. The third-order valence-corrected chi connectivity index (χ3v) is 3.91. The lowest BCUT2D eigenvalue weighted by Gasteiger charge is -2.06. The molecule has 0 radical (unpaired) electrons. The summed E-state index contributed by atoms with van der Waals surface area (Å²) in [6.07, 6.45) is 1.48. The number of aromatic amines is 1. The zero-order valence-electron chi connectivity index (χ0n) is 9.94. The second-order valence-electron chi connectivity index (χ2n) is 3.95. The maximum atomic E-state index is 13.0. The van der Waals surface area contributed by atoms with Gasteiger partial charge < -0.3 is 0 Å². The minimum Gasteiger partial charge on any atom is -0.283 e. The van der Waals surface area contributed by atoms with Crippen LogP contribution in [0.2, 0.25) is 0 Å². The number of sulfonamides is 1. The Morgan fingerprint density at radius 3 is 2.42 bits per heavy atom. The number of aryl methyl sites for hydroxylation is 1. The van der Waals surface area contributed by atoms with Crippen LogP contribution in [0.1, 0.15) is 11.3 Å². The van der Waals surface area contributed by atoms with Crippen LogP contribution in [0.3, 0.4) is 0 Å². The topological polar surface area (TPSA) is 74.8 Å². The summed E-state index contributed by atoms with van der Waals surface area (Å²) < 4.78 is 52.0. The number of H-pyrrole nitrogens is 1. The number of nitrogens with one attached hydrogen (secondary N) is 2. The van der Waals surface area contributed by atoms with Crippen molar-refractivity contribution in [2.24, 2.45) is 0 Å². The molecule has 2 N–H and O–H groups in total. The van der Waals surface area contributed by atoms with Gasteiger partial charge in [-0.05, 0) is 19.1 Å². The van der Waals surface area contributed by atoms with Gasteiger partial charge in [0.05, 0.1) is 11.1 Å². The molecule has 0 fully saturated rings. The lowest BCUT2D eigenvalue weighted by Crippen LogP contribution is -2.23. The van der Waals surface area contributed by atoms with Gasteiger partial charge in [-0.15, -0.1) is 0 Å². The fourth-order valence-electron chi connectivity index (χ4n) is 1.49. The number of rotatable bonds is 4. The molecule has 0 bridgehead atoms. The molecule has 0 aliphatic rings. The van der Waals surface area contributed by atoms with Gasteiger partial charge in [-0.25, -0.2) is 21.9 Å². The monoisotopic (exact) mass is 287 g/mol. The quantitative estimate of drug-likeness (QED) is 0.894. The van der Waals surface area contributed by atoms with Crippen molar-refractivity contribution >= 4 is 10.0 Å². The van der Waals surface area contributed by atoms with E-state index in [1.54, 1.807) is 6.92 Å². The summed E-state index contributed by atoms with van der Waals surface area (Å²) >= 11 is 0. The minimum atomic E-state index is -3.97. The molecule has 0 saturated heterocycles. The normalized spacial score (nSPS) is 11.7. The Morgan fingerprint density at radius 1 is 1.26 bits per heavy atom. The second kappa shape index (κ2) is 5.06. The Balaban J connectivity index is 2.21. The van der Waals surface area contributed by atoms with Crippen molar-refractivity contribution in [2.75, 3.05) is 0 Å².